The minimum Gasteiger partial charge on any atom is -0.320 e. The molecule has 0 saturated heterocycles. The molecule has 0 heterocycles. The lowest BCUT2D eigenvalue weighted by molar-refractivity contribution is 0.597. The van der Waals surface area contributed by atoms with Gasteiger partial charge in [0.15, 0.2) is 0 Å². The zero-order valence-electron chi connectivity index (χ0n) is 9.84. The second-order valence-electron chi connectivity index (χ2n) is 4.11. The predicted octanol–water partition coefficient (Wildman–Crippen LogP) is 3.40. The average Bonchev–Trinajstić information content (AvgIpc) is 2.29. The summed E-state index contributed by atoms with van der Waals surface area (Å²) in [7, 11) is 2.02. The predicted molar refractivity (Wildman–Crippen MR) is 67.2 cm³/mol. The van der Waals surface area contributed by atoms with Crippen LogP contribution in [-0.2, 0) is 6.42 Å². The summed E-state index contributed by atoms with van der Waals surface area (Å²) in [6.45, 7) is 1.17. The van der Waals surface area contributed by atoms with Crippen molar-refractivity contribution in [3.63, 3.8) is 0 Å². The van der Waals surface area contributed by atoms with Gasteiger partial charge in [-0.1, -0.05) is 49.6 Å². The summed E-state index contributed by atoms with van der Waals surface area (Å²) in [5, 5.41) is 3.18. The quantitative estimate of drug-likeness (QED) is 0.641. The molecule has 84 valence electrons. The summed E-state index contributed by atoms with van der Waals surface area (Å²) in [6.07, 6.45) is 8.03. The standard InChI is InChI=1S/C14H23N/c1-15-13-9-4-2-3-6-10-14-11-7-5-8-12-14/h5,7-8,11-12,15H,2-4,6,9-10,13H2,1H3. The Balaban J connectivity index is 1.93. The third-order valence-electron chi connectivity index (χ3n) is 2.74. The van der Waals surface area contributed by atoms with Crippen molar-refractivity contribution in [1.82, 2.24) is 5.32 Å². The summed E-state index contributed by atoms with van der Waals surface area (Å²) < 4.78 is 0. The molecular formula is C14H23N. The summed E-state index contributed by atoms with van der Waals surface area (Å²) >= 11 is 0. The van der Waals surface area contributed by atoms with Crippen LogP contribution in [0.3, 0.4) is 0 Å². The van der Waals surface area contributed by atoms with Gasteiger partial charge in [0.2, 0.25) is 0 Å². The highest BCUT2D eigenvalue weighted by atomic mass is 14.8. The molecule has 0 aliphatic rings. The molecule has 0 spiro atoms. The maximum absolute atomic E-state index is 3.18. The Bertz CT molecular complexity index is 230. The van der Waals surface area contributed by atoms with Crippen molar-refractivity contribution in [2.75, 3.05) is 13.6 Å². The number of hydrogen-bond acceptors (Lipinski definition) is 1. The first-order valence-electron chi connectivity index (χ1n) is 6.12. The molecule has 15 heavy (non-hydrogen) atoms. The van der Waals surface area contributed by atoms with Gasteiger partial charge in [0, 0.05) is 0 Å². The van der Waals surface area contributed by atoms with Crippen molar-refractivity contribution in [3.8, 4) is 0 Å². The number of rotatable bonds is 8. The van der Waals surface area contributed by atoms with Crippen LogP contribution in [0, 0.1) is 0 Å². The van der Waals surface area contributed by atoms with Gasteiger partial charge in [-0.25, -0.2) is 0 Å². The van der Waals surface area contributed by atoms with Gasteiger partial charge < -0.3 is 5.32 Å². The van der Waals surface area contributed by atoms with E-state index in [1.807, 2.05) is 7.05 Å². The van der Waals surface area contributed by atoms with Gasteiger partial charge in [-0.2, -0.15) is 0 Å². The summed E-state index contributed by atoms with van der Waals surface area (Å²) in [4.78, 5) is 0. The van der Waals surface area contributed by atoms with Gasteiger partial charge in [-0.15, -0.1) is 0 Å². The van der Waals surface area contributed by atoms with Crippen LogP contribution in [0.15, 0.2) is 30.3 Å². The third kappa shape index (κ3) is 6.29. The monoisotopic (exact) mass is 205 g/mol. The van der Waals surface area contributed by atoms with Crippen LogP contribution in [0.2, 0.25) is 0 Å². The Morgan fingerprint density at radius 3 is 2.27 bits per heavy atom. The highest BCUT2D eigenvalue weighted by Gasteiger charge is 1.92. The van der Waals surface area contributed by atoms with Crippen LogP contribution in [0.5, 0.6) is 0 Å². The lowest BCUT2D eigenvalue weighted by Crippen LogP contribution is -2.06. The van der Waals surface area contributed by atoms with Crippen molar-refractivity contribution in [2.24, 2.45) is 0 Å². The van der Waals surface area contributed by atoms with Gasteiger partial charge in [-0.3, -0.25) is 0 Å². The molecule has 0 radical (unpaired) electrons. The smallest absolute Gasteiger partial charge is 0.00519 e. The Morgan fingerprint density at radius 2 is 1.53 bits per heavy atom. The molecule has 0 bridgehead atoms. The fourth-order valence-electron chi connectivity index (χ4n) is 1.81. The van der Waals surface area contributed by atoms with Gasteiger partial charge in [0.25, 0.3) is 0 Å². The van der Waals surface area contributed by atoms with E-state index in [4.69, 9.17) is 0 Å². The highest BCUT2D eigenvalue weighted by Crippen LogP contribution is 2.08. The van der Waals surface area contributed by atoms with E-state index in [-0.39, 0.29) is 0 Å². The van der Waals surface area contributed by atoms with Crippen molar-refractivity contribution in [3.05, 3.63) is 35.9 Å². The fourth-order valence-corrected chi connectivity index (χ4v) is 1.81. The molecule has 1 rings (SSSR count). The maximum Gasteiger partial charge on any atom is -0.00519 e. The Labute approximate surface area is 93.9 Å². The van der Waals surface area contributed by atoms with Crippen LogP contribution in [0.4, 0.5) is 0 Å². The minimum absolute atomic E-state index is 1.17. The van der Waals surface area contributed by atoms with E-state index < -0.39 is 0 Å². The summed E-state index contributed by atoms with van der Waals surface area (Å²) in [5.74, 6) is 0. The number of aryl methyl sites for hydroxylation is 1. The lowest BCUT2D eigenvalue weighted by Gasteiger charge is -2.02. The molecule has 1 heteroatoms. The van der Waals surface area contributed by atoms with Gasteiger partial charge in [0.05, 0.1) is 0 Å². The second-order valence-corrected chi connectivity index (χ2v) is 4.11. The van der Waals surface area contributed by atoms with E-state index in [2.05, 4.69) is 35.6 Å². The van der Waals surface area contributed by atoms with Gasteiger partial charge in [-0.05, 0) is 38.4 Å². The highest BCUT2D eigenvalue weighted by molar-refractivity contribution is 5.14. The molecule has 1 aromatic rings. The molecule has 0 aliphatic heterocycles. The minimum atomic E-state index is 1.17. The average molecular weight is 205 g/mol. The number of benzene rings is 1. The molecule has 0 saturated carbocycles. The molecule has 0 amide bonds. The zero-order valence-corrected chi connectivity index (χ0v) is 9.84. The number of unbranched alkanes of at least 4 members (excludes halogenated alkanes) is 4. The van der Waals surface area contributed by atoms with Crippen molar-refractivity contribution in [1.29, 1.82) is 0 Å². The second kappa shape index (κ2) is 8.49. The van der Waals surface area contributed by atoms with E-state index in [1.54, 1.807) is 0 Å². The molecule has 0 unspecified atom stereocenters. The Kier molecular flexibility index (Phi) is 6.93. The molecular weight excluding hydrogens is 182 g/mol. The Hall–Kier alpha value is -0.820. The van der Waals surface area contributed by atoms with Gasteiger partial charge in [0.1, 0.15) is 0 Å². The fraction of sp³-hybridized carbons (Fsp3) is 0.571. The van der Waals surface area contributed by atoms with E-state index in [1.165, 1.54) is 50.6 Å². The van der Waals surface area contributed by atoms with Crippen LogP contribution < -0.4 is 5.32 Å². The Morgan fingerprint density at radius 1 is 0.867 bits per heavy atom. The molecule has 1 nitrogen and oxygen atoms in total. The number of hydrogen-bond donors (Lipinski definition) is 1. The largest absolute Gasteiger partial charge is 0.320 e. The van der Waals surface area contributed by atoms with Crippen LogP contribution in [-0.4, -0.2) is 13.6 Å². The van der Waals surface area contributed by atoms with Crippen LogP contribution in [0.25, 0.3) is 0 Å². The molecule has 0 aromatic heterocycles. The first kappa shape index (κ1) is 12.3. The van der Waals surface area contributed by atoms with Gasteiger partial charge >= 0.3 is 0 Å². The van der Waals surface area contributed by atoms with Crippen LogP contribution >= 0.6 is 0 Å². The van der Waals surface area contributed by atoms with Crippen LogP contribution in [0.1, 0.15) is 37.7 Å². The van der Waals surface area contributed by atoms with Crippen molar-refractivity contribution in [2.45, 2.75) is 38.5 Å². The summed E-state index contributed by atoms with van der Waals surface area (Å²) in [5.41, 5.74) is 1.48. The first-order chi connectivity index (χ1) is 7.43. The maximum atomic E-state index is 3.18. The first-order valence-corrected chi connectivity index (χ1v) is 6.12. The van der Waals surface area contributed by atoms with Crippen molar-refractivity contribution < 1.29 is 0 Å². The molecule has 1 aromatic carbocycles. The lowest BCUT2D eigenvalue weighted by atomic mass is 10.1. The topological polar surface area (TPSA) is 12.0 Å². The van der Waals surface area contributed by atoms with Crippen molar-refractivity contribution >= 4 is 0 Å². The van der Waals surface area contributed by atoms with E-state index in [0.717, 1.165) is 0 Å². The zero-order chi connectivity index (χ0) is 10.8. The molecule has 0 fully saturated rings. The number of nitrogens with one attached hydrogen (secondary N) is 1. The molecule has 0 atom stereocenters. The van der Waals surface area contributed by atoms with E-state index in [0.29, 0.717) is 0 Å². The molecule has 1 N–H and O–H groups in total. The summed E-state index contributed by atoms with van der Waals surface area (Å²) in [6, 6.07) is 10.8. The SMILES string of the molecule is CNCCCCCCCc1ccccc1. The van der Waals surface area contributed by atoms with E-state index >= 15 is 0 Å². The van der Waals surface area contributed by atoms with E-state index in [9.17, 15) is 0 Å². The normalized spacial score (nSPS) is 10.5. The third-order valence-corrected chi connectivity index (χ3v) is 2.74. The molecule has 0 aliphatic carbocycles.